The van der Waals surface area contributed by atoms with E-state index in [4.69, 9.17) is 22.3 Å². The molecule has 1 aromatic heterocycles. The number of carbonyl (C=O) groups is 2. The Hall–Kier alpha value is -3.89. The number of nitrogens with zero attached hydrogens (tertiary/aromatic N) is 6. The summed E-state index contributed by atoms with van der Waals surface area (Å²) < 4.78 is 0. The molecule has 2 aromatic carbocycles. The van der Waals surface area contributed by atoms with Crippen molar-refractivity contribution in [2.75, 3.05) is 54.4 Å². The number of primary amides is 1. The number of amides is 3. The van der Waals surface area contributed by atoms with Crippen LogP contribution >= 0.6 is 11.6 Å². The Labute approximate surface area is 275 Å². The molecule has 11 heteroatoms. The normalized spacial score (nSPS) is 21.7. The molecule has 4 aliphatic rings. The molecule has 10 nitrogen and oxygen atoms in total. The number of piperidine rings is 2. The van der Waals surface area contributed by atoms with Gasteiger partial charge >= 0.3 is 6.03 Å². The molecule has 0 spiro atoms. The summed E-state index contributed by atoms with van der Waals surface area (Å²) in [6.45, 7) is 5.06. The standard InChI is InChI=1S/C35H43ClN8O2/c36-26-5-3-8-29(21-26)43-19-20-44(35(43)46)30-9-4-16-42(23-30)31-22-38-32(33(37)45)34(40-31)39-27-12-10-24(11-13-27)25-14-17-41(18-15-25)28-6-1-2-7-28/h3,5,8,10-13,21-22,25,28,30H,1-2,4,6-7,9,14-20,23H2,(H2,37,45)(H,39,40). The molecule has 4 heterocycles. The Morgan fingerprint density at radius 1 is 0.891 bits per heavy atom. The van der Waals surface area contributed by atoms with Gasteiger partial charge in [-0.2, -0.15) is 0 Å². The van der Waals surface area contributed by atoms with Crippen molar-refractivity contribution in [1.82, 2.24) is 19.8 Å². The van der Waals surface area contributed by atoms with Crippen molar-refractivity contribution < 1.29 is 9.59 Å². The first-order chi connectivity index (χ1) is 22.4. The van der Waals surface area contributed by atoms with Crippen molar-refractivity contribution in [2.45, 2.75) is 69.4 Å². The van der Waals surface area contributed by atoms with Gasteiger partial charge in [0, 0.05) is 48.6 Å². The van der Waals surface area contributed by atoms with E-state index in [9.17, 15) is 9.59 Å². The predicted molar refractivity (Wildman–Crippen MR) is 182 cm³/mol. The number of halogens is 1. The number of hydrogen-bond acceptors (Lipinski definition) is 7. The van der Waals surface area contributed by atoms with Crippen LogP contribution in [0.1, 0.15) is 73.3 Å². The molecule has 7 rings (SSSR count). The quantitative estimate of drug-likeness (QED) is 0.310. The van der Waals surface area contributed by atoms with E-state index in [-0.39, 0.29) is 17.8 Å². The van der Waals surface area contributed by atoms with Gasteiger partial charge in [-0.1, -0.05) is 42.6 Å². The van der Waals surface area contributed by atoms with Gasteiger partial charge in [0.1, 0.15) is 5.82 Å². The molecule has 1 aliphatic carbocycles. The van der Waals surface area contributed by atoms with Gasteiger partial charge < -0.3 is 25.8 Å². The second kappa shape index (κ2) is 13.5. The number of benzene rings is 2. The maximum atomic E-state index is 13.4. The summed E-state index contributed by atoms with van der Waals surface area (Å²) in [7, 11) is 0. The molecule has 242 valence electrons. The van der Waals surface area contributed by atoms with Gasteiger partial charge in [-0.05, 0) is 93.4 Å². The van der Waals surface area contributed by atoms with Crippen LogP contribution in [0.15, 0.2) is 54.7 Å². The fourth-order valence-corrected chi connectivity index (χ4v) is 8.02. The van der Waals surface area contributed by atoms with Crippen LogP contribution in [-0.4, -0.2) is 83.1 Å². The van der Waals surface area contributed by atoms with E-state index < -0.39 is 5.91 Å². The minimum atomic E-state index is -0.632. The molecule has 1 atom stereocenters. The third-order valence-electron chi connectivity index (χ3n) is 10.3. The van der Waals surface area contributed by atoms with Crippen LogP contribution < -0.4 is 20.9 Å². The van der Waals surface area contributed by atoms with Gasteiger partial charge in [0.25, 0.3) is 5.91 Å². The lowest BCUT2D eigenvalue weighted by atomic mass is 9.88. The summed E-state index contributed by atoms with van der Waals surface area (Å²) in [6.07, 6.45) is 11.3. The topological polar surface area (TPSA) is 111 Å². The molecule has 0 radical (unpaired) electrons. The summed E-state index contributed by atoms with van der Waals surface area (Å²) in [5.74, 6) is 0.936. The molecule has 3 aromatic rings. The highest BCUT2D eigenvalue weighted by Gasteiger charge is 2.37. The zero-order valence-corrected chi connectivity index (χ0v) is 27.0. The molecule has 3 saturated heterocycles. The molecule has 46 heavy (non-hydrogen) atoms. The number of urea groups is 1. The maximum absolute atomic E-state index is 13.4. The zero-order chi connectivity index (χ0) is 31.6. The third kappa shape index (κ3) is 6.51. The van der Waals surface area contributed by atoms with Crippen molar-refractivity contribution in [3.8, 4) is 0 Å². The molecular formula is C35H43ClN8O2. The molecule has 4 fully saturated rings. The summed E-state index contributed by atoms with van der Waals surface area (Å²) in [5, 5.41) is 3.93. The minimum absolute atomic E-state index is 0.00514. The molecule has 3 N–H and O–H groups in total. The number of anilines is 4. The lowest BCUT2D eigenvalue weighted by Crippen LogP contribution is -2.49. The Morgan fingerprint density at radius 3 is 2.39 bits per heavy atom. The second-order valence-corrected chi connectivity index (χ2v) is 13.6. The number of hydrogen-bond donors (Lipinski definition) is 2. The van der Waals surface area contributed by atoms with Gasteiger partial charge in [-0.25, -0.2) is 14.8 Å². The third-order valence-corrected chi connectivity index (χ3v) is 10.6. The number of nitrogens with two attached hydrogens (primary N) is 1. The van der Waals surface area contributed by atoms with Gasteiger partial charge in [0.05, 0.1) is 12.2 Å². The fourth-order valence-electron chi connectivity index (χ4n) is 7.84. The van der Waals surface area contributed by atoms with Gasteiger partial charge in [0.2, 0.25) is 0 Å². The predicted octanol–water partition coefficient (Wildman–Crippen LogP) is 6.01. The van der Waals surface area contributed by atoms with Crippen LogP contribution in [0.25, 0.3) is 0 Å². The van der Waals surface area contributed by atoms with Crippen molar-refractivity contribution in [2.24, 2.45) is 5.73 Å². The van der Waals surface area contributed by atoms with Crippen molar-refractivity contribution in [3.63, 3.8) is 0 Å². The first-order valence-electron chi connectivity index (χ1n) is 16.8. The van der Waals surface area contributed by atoms with Crippen molar-refractivity contribution in [3.05, 3.63) is 71.0 Å². The Bertz CT molecular complexity index is 1550. The van der Waals surface area contributed by atoms with E-state index >= 15 is 0 Å². The smallest absolute Gasteiger partial charge is 0.324 e. The van der Waals surface area contributed by atoms with E-state index in [0.717, 1.165) is 36.8 Å². The summed E-state index contributed by atoms with van der Waals surface area (Å²) in [5.41, 5.74) is 8.82. The van der Waals surface area contributed by atoms with Crippen LogP contribution in [-0.2, 0) is 0 Å². The Kier molecular flexibility index (Phi) is 8.99. The molecule has 3 aliphatic heterocycles. The molecule has 0 bridgehead atoms. The monoisotopic (exact) mass is 642 g/mol. The van der Waals surface area contributed by atoms with Gasteiger partial charge in [-0.3, -0.25) is 9.69 Å². The number of carbonyl (C=O) groups excluding carboxylic acids is 2. The van der Waals surface area contributed by atoms with Crippen LogP contribution in [0.3, 0.4) is 0 Å². The van der Waals surface area contributed by atoms with Gasteiger partial charge in [0.15, 0.2) is 11.5 Å². The highest BCUT2D eigenvalue weighted by molar-refractivity contribution is 6.30. The van der Waals surface area contributed by atoms with Crippen LogP contribution in [0.5, 0.6) is 0 Å². The van der Waals surface area contributed by atoms with Crippen molar-refractivity contribution >= 4 is 46.5 Å². The summed E-state index contributed by atoms with van der Waals surface area (Å²) in [6, 6.07) is 16.7. The largest absolute Gasteiger partial charge is 0.364 e. The van der Waals surface area contributed by atoms with E-state index in [1.54, 1.807) is 11.1 Å². The first kappa shape index (κ1) is 30.7. The number of rotatable bonds is 8. The Balaban J connectivity index is 1.01. The number of nitrogens with one attached hydrogen (secondary N) is 1. The van der Waals surface area contributed by atoms with E-state index in [0.29, 0.717) is 42.2 Å². The lowest BCUT2D eigenvalue weighted by Gasteiger charge is -2.38. The number of likely N-dealkylation sites (tertiary alicyclic amines) is 1. The number of aromatic nitrogens is 2. The molecular weight excluding hydrogens is 600 g/mol. The minimum Gasteiger partial charge on any atom is -0.364 e. The molecule has 3 amide bonds. The highest BCUT2D eigenvalue weighted by Crippen LogP contribution is 2.34. The summed E-state index contributed by atoms with van der Waals surface area (Å²) in [4.78, 5) is 43.6. The van der Waals surface area contributed by atoms with E-state index in [1.165, 1.54) is 57.2 Å². The average Bonchev–Trinajstić information content (AvgIpc) is 3.76. The Morgan fingerprint density at radius 2 is 1.65 bits per heavy atom. The van der Waals surface area contributed by atoms with Crippen LogP contribution in [0, 0.1) is 0 Å². The molecule has 1 unspecified atom stereocenters. The van der Waals surface area contributed by atoms with Crippen molar-refractivity contribution in [1.29, 1.82) is 0 Å². The lowest BCUT2D eigenvalue weighted by molar-refractivity contribution is 0.0996. The maximum Gasteiger partial charge on any atom is 0.324 e. The van der Waals surface area contributed by atoms with E-state index in [2.05, 4.69) is 44.4 Å². The average molecular weight is 643 g/mol. The highest BCUT2D eigenvalue weighted by atomic mass is 35.5. The fraction of sp³-hybridized carbons (Fsp3) is 0.486. The van der Waals surface area contributed by atoms with Crippen LogP contribution in [0.2, 0.25) is 5.02 Å². The second-order valence-electron chi connectivity index (χ2n) is 13.1. The zero-order valence-electron chi connectivity index (χ0n) is 26.3. The molecule has 1 saturated carbocycles. The van der Waals surface area contributed by atoms with Crippen LogP contribution in [0.4, 0.5) is 27.8 Å². The first-order valence-corrected chi connectivity index (χ1v) is 17.2. The summed E-state index contributed by atoms with van der Waals surface area (Å²) >= 11 is 6.19. The van der Waals surface area contributed by atoms with Gasteiger partial charge in [-0.15, -0.1) is 0 Å². The van der Waals surface area contributed by atoms with E-state index in [1.807, 2.05) is 29.2 Å². The SMILES string of the molecule is NC(=O)c1ncc(N2CCCC(N3CCN(c4cccc(Cl)c4)C3=O)C2)nc1Nc1ccc(C2CCN(C3CCCC3)CC2)cc1.